The van der Waals surface area contributed by atoms with Gasteiger partial charge in [-0.2, -0.15) is 0 Å². The van der Waals surface area contributed by atoms with Crippen LogP contribution in [0.1, 0.15) is 25.3 Å². The Labute approximate surface area is 112 Å². The number of carbonyl (C=O) groups excluding carboxylic acids is 1. The van der Waals surface area contributed by atoms with Crippen molar-refractivity contribution in [3.63, 3.8) is 0 Å². The summed E-state index contributed by atoms with van der Waals surface area (Å²) < 4.78 is 13.4. The number of aliphatic hydroxyl groups excluding tert-OH is 1. The predicted molar refractivity (Wildman–Crippen MR) is 69.7 cm³/mol. The maximum absolute atomic E-state index is 13.4. The van der Waals surface area contributed by atoms with Gasteiger partial charge in [-0.25, -0.2) is 4.39 Å². The highest BCUT2D eigenvalue weighted by Crippen LogP contribution is 2.17. The van der Waals surface area contributed by atoms with Crippen LogP contribution in [0.5, 0.6) is 0 Å². The lowest BCUT2D eigenvalue weighted by Gasteiger charge is -2.26. The van der Waals surface area contributed by atoms with Gasteiger partial charge in [0.1, 0.15) is 12.0 Å². The fourth-order valence-corrected chi connectivity index (χ4v) is 2.35. The van der Waals surface area contributed by atoms with Gasteiger partial charge in [-0.1, -0.05) is 18.2 Å². The Hall–Kier alpha value is -1.46. The van der Waals surface area contributed by atoms with Gasteiger partial charge in [0.15, 0.2) is 0 Å². The quantitative estimate of drug-likeness (QED) is 0.862. The SMILES string of the molecule is C[C@H](C(=O)NCc1ccccc1F)N1CCCC1O. The van der Waals surface area contributed by atoms with Gasteiger partial charge in [0.25, 0.3) is 0 Å². The van der Waals surface area contributed by atoms with Crippen LogP contribution in [0.25, 0.3) is 0 Å². The summed E-state index contributed by atoms with van der Waals surface area (Å²) in [6.07, 6.45) is 1.05. The van der Waals surface area contributed by atoms with Crippen LogP contribution in [0.2, 0.25) is 0 Å². The highest BCUT2D eigenvalue weighted by Gasteiger charge is 2.30. The third-order valence-corrected chi connectivity index (χ3v) is 3.55. The number of carbonyl (C=O) groups is 1. The first kappa shape index (κ1) is 14.0. The van der Waals surface area contributed by atoms with Crippen molar-refractivity contribution in [1.29, 1.82) is 0 Å². The lowest BCUT2D eigenvalue weighted by atomic mass is 10.2. The van der Waals surface area contributed by atoms with Crippen molar-refractivity contribution >= 4 is 5.91 Å². The van der Waals surface area contributed by atoms with Crippen molar-refractivity contribution in [2.75, 3.05) is 6.54 Å². The number of nitrogens with zero attached hydrogens (tertiary/aromatic N) is 1. The molecule has 2 N–H and O–H groups in total. The number of aliphatic hydroxyl groups is 1. The summed E-state index contributed by atoms with van der Waals surface area (Å²) in [5.74, 6) is -0.513. The molecule has 0 radical (unpaired) electrons. The smallest absolute Gasteiger partial charge is 0.237 e. The molecule has 5 heteroatoms. The summed E-state index contributed by atoms with van der Waals surface area (Å²) >= 11 is 0. The second kappa shape index (κ2) is 6.12. The zero-order valence-corrected chi connectivity index (χ0v) is 11.0. The molecule has 1 fully saturated rings. The van der Waals surface area contributed by atoms with Crippen molar-refractivity contribution in [1.82, 2.24) is 10.2 Å². The molecule has 0 saturated carbocycles. The summed E-state index contributed by atoms with van der Waals surface area (Å²) in [4.78, 5) is 13.7. The highest BCUT2D eigenvalue weighted by molar-refractivity contribution is 5.81. The van der Waals surface area contributed by atoms with Crippen molar-refractivity contribution in [2.24, 2.45) is 0 Å². The molecule has 1 aromatic carbocycles. The number of hydrogen-bond donors (Lipinski definition) is 2. The molecule has 0 spiro atoms. The lowest BCUT2D eigenvalue weighted by Crippen LogP contribution is -2.47. The van der Waals surface area contributed by atoms with Gasteiger partial charge < -0.3 is 10.4 Å². The van der Waals surface area contributed by atoms with E-state index in [1.807, 2.05) is 0 Å². The van der Waals surface area contributed by atoms with Crippen molar-refractivity contribution < 1.29 is 14.3 Å². The van der Waals surface area contributed by atoms with E-state index in [-0.39, 0.29) is 18.3 Å². The molecule has 19 heavy (non-hydrogen) atoms. The molecule has 2 rings (SSSR count). The zero-order valence-electron chi connectivity index (χ0n) is 11.0. The van der Waals surface area contributed by atoms with Crippen LogP contribution < -0.4 is 5.32 Å². The molecule has 1 aliphatic heterocycles. The van der Waals surface area contributed by atoms with E-state index in [0.29, 0.717) is 12.0 Å². The maximum Gasteiger partial charge on any atom is 0.237 e. The molecule has 0 aliphatic carbocycles. The Bertz CT molecular complexity index is 453. The fraction of sp³-hybridized carbons (Fsp3) is 0.500. The van der Waals surface area contributed by atoms with E-state index in [2.05, 4.69) is 5.32 Å². The molecular weight excluding hydrogens is 247 g/mol. The third-order valence-electron chi connectivity index (χ3n) is 3.55. The van der Waals surface area contributed by atoms with E-state index in [1.165, 1.54) is 6.07 Å². The van der Waals surface area contributed by atoms with E-state index >= 15 is 0 Å². The van der Waals surface area contributed by atoms with Gasteiger partial charge in [-0.05, 0) is 25.8 Å². The molecule has 1 heterocycles. The number of nitrogens with one attached hydrogen (secondary N) is 1. The van der Waals surface area contributed by atoms with E-state index in [1.54, 1.807) is 30.0 Å². The summed E-state index contributed by atoms with van der Waals surface area (Å²) in [7, 11) is 0. The van der Waals surface area contributed by atoms with Crippen molar-refractivity contribution in [2.45, 2.75) is 38.6 Å². The van der Waals surface area contributed by atoms with E-state index in [9.17, 15) is 14.3 Å². The minimum atomic E-state index is -0.547. The molecule has 0 bridgehead atoms. The first-order chi connectivity index (χ1) is 9.09. The minimum Gasteiger partial charge on any atom is -0.378 e. The van der Waals surface area contributed by atoms with Gasteiger partial charge in [0, 0.05) is 18.7 Å². The average Bonchev–Trinajstić information content (AvgIpc) is 2.83. The normalized spacial score (nSPS) is 21.3. The Balaban J connectivity index is 1.89. The van der Waals surface area contributed by atoms with Gasteiger partial charge in [0.2, 0.25) is 5.91 Å². The first-order valence-electron chi connectivity index (χ1n) is 6.54. The second-order valence-corrected chi connectivity index (χ2v) is 4.85. The number of rotatable bonds is 4. The second-order valence-electron chi connectivity index (χ2n) is 4.85. The van der Waals surface area contributed by atoms with Crippen LogP contribution in [-0.2, 0) is 11.3 Å². The third kappa shape index (κ3) is 3.30. The van der Waals surface area contributed by atoms with Gasteiger partial charge >= 0.3 is 0 Å². The van der Waals surface area contributed by atoms with Crippen LogP contribution in [0.15, 0.2) is 24.3 Å². The first-order valence-corrected chi connectivity index (χ1v) is 6.54. The number of halogens is 1. The molecule has 2 atom stereocenters. The van der Waals surface area contributed by atoms with Gasteiger partial charge in [-0.15, -0.1) is 0 Å². The largest absolute Gasteiger partial charge is 0.378 e. The molecule has 1 aliphatic rings. The standard InChI is InChI=1S/C14H19FN2O2/c1-10(17-8-4-7-13(17)18)14(19)16-9-11-5-2-3-6-12(11)15/h2-3,5-6,10,13,18H,4,7-9H2,1H3,(H,16,19)/t10-,13?/m1/s1. The van der Waals surface area contributed by atoms with Gasteiger partial charge in [-0.3, -0.25) is 9.69 Å². The number of amides is 1. The van der Waals surface area contributed by atoms with Crippen molar-refractivity contribution in [3.05, 3.63) is 35.6 Å². The van der Waals surface area contributed by atoms with Crippen molar-refractivity contribution in [3.8, 4) is 0 Å². The topological polar surface area (TPSA) is 52.6 Å². The molecular formula is C14H19FN2O2. The number of likely N-dealkylation sites (tertiary alicyclic amines) is 1. The summed E-state index contributed by atoms with van der Waals surface area (Å²) in [5.41, 5.74) is 0.463. The van der Waals surface area contributed by atoms with E-state index in [0.717, 1.165) is 13.0 Å². The molecule has 4 nitrogen and oxygen atoms in total. The predicted octanol–water partition coefficient (Wildman–Crippen LogP) is 1.24. The van der Waals surface area contributed by atoms with Crippen LogP contribution in [-0.4, -0.2) is 34.7 Å². The van der Waals surface area contributed by atoms with Gasteiger partial charge in [0.05, 0.1) is 6.04 Å². The van der Waals surface area contributed by atoms with Crippen LogP contribution in [0, 0.1) is 5.82 Å². The summed E-state index contributed by atoms with van der Waals surface area (Å²) in [6.45, 7) is 2.64. The summed E-state index contributed by atoms with van der Waals surface area (Å²) in [5, 5.41) is 12.4. The Morgan fingerprint density at radius 1 is 1.58 bits per heavy atom. The number of benzene rings is 1. The maximum atomic E-state index is 13.4. The monoisotopic (exact) mass is 266 g/mol. The van der Waals surface area contributed by atoms with E-state index < -0.39 is 12.3 Å². The minimum absolute atomic E-state index is 0.166. The Kier molecular flexibility index (Phi) is 4.50. The van der Waals surface area contributed by atoms with Crippen LogP contribution in [0.4, 0.5) is 4.39 Å². The number of hydrogen-bond acceptors (Lipinski definition) is 3. The molecule has 1 unspecified atom stereocenters. The molecule has 1 aromatic rings. The highest BCUT2D eigenvalue weighted by atomic mass is 19.1. The Morgan fingerprint density at radius 3 is 2.95 bits per heavy atom. The fourth-order valence-electron chi connectivity index (χ4n) is 2.35. The van der Waals surface area contributed by atoms with E-state index in [4.69, 9.17) is 0 Å². The zero-order chi connectivity index (χ0) is 13.8. The molecule has 104 valence electrons. The molecule has 1 amide bonds. The Morgan fingerprint density at radius 2 is 2.32 bits per heavy atom. The van der Waals surface area contributed by atoms with Crippen LogP contribution >= 0.6 is 0 Å². The molecule has 1 saturated heterocycles. The molecule has 0 aromatic heterocycles. The summed E-state index contributed by atoms with van der Waals surface area (Å²) in [6, 6.07) is 5.96. The van der Waals surface area contributed by atoms with Crippen LogP contribution in [0.3, 0.4) is 0 Å². The lowest BCUT2D eigenvalue weighted by molar-refractivity contribution is -0.129. The average molecular weight is 266 g/mol.